The van der Waals surface area contributed by atoms with Crippen LogP contribution in [0.2, 0.25) is 0 Å². The Balaban J connectivity index is -0.0000000300. The van der Waals surface area contributed by atoms with E-state index in [9.17, 15) is 0 Å². The van der Waals surface area contributed by atoms with Crippen LogP contribution in [-0.4, -0.2) is 19.8 Å². The molecule has 0 unspecified atom stereocenters. The second-order valence-electron chi connectivity index (χ2n) is 3.00. The Bertz CT molecular complexity index is 24.7. The summed E-state index contributed by atoms with van der Waals surface area (Å²) < 4.78 is 0. The first kappa shape index (κ1) is 22.4. The first-order valence-corrected chi connectivity index (χ1v) is 3.00. The summed E-state index contributed by atoms with van der Waals surface area (Å²) in [7, 11) is 0. The third-order valence-corrected chi connectivity index (χ3v) is 0. The fourth-order valence-electron chi connectivity index (χ4n) is 0. The Morgan fingerprint density at radius 1 is 0.600 bits per heavy atom. The Labute approximate surface area is 85.6 Å². The van der Waals surface area contributed by atoms with E-state index < -0.39 is 0 Å². The molecule has 0 amide bonds. The molecule has 0 aliphatic carbocycles. The van der Waals surface area contributed by atoms with Gasteiger partial charge in [0.25, 0.3) is 0 Å². The number of hydrogen-bond acceptors (Lipinski definition) is 0. The molecule has 0 spiro atoms. The van der Waals surface area contributed by atoms with Crippen LogP contribution in [0.1, 0.15) is 41.5 Å². The molecule has 5 radical (unpaired) electrons. The summed E-state index contributed by atoms with van der Waals surface area (Å²) in [5, 5.41) is 0. The van der Waals surface area contributed by atoms with Crippen molar-refractivity contribution in [3.05, 3.63) is 11.8 Å². The molecule has 2 heteroatoms. The maximum Gasteiger partial charge on any atom is 0 e. The minimum atomic E-state index is 0. The molecule has 0 rings (SSSR count). The molecule has 0 atom stereocenters. The predicted octanol–water partition coefficient (Wildman–Crippen LogP) is -0.136. The zero-order valence-corrected chi connectivity index (χ0v) is 11.1. The van der Waals surface area contributed by atoms with Gasteiger partial charge < -0.3 is 12.4 Å². The van der Waals surface area contributed by atoms with E-state index in [0.29, 0.717) is 0 Å². The second-order valence-corrected chi connectivity index (χ2v) is 3.00. The van der Waals surface area contributed by atoms with E-state index in [1.165, 1.54) is 11.8 Å². The minimum Gasteiger partial charge on any atom is -1.00 e. The average molecular weight is 219 g/mol. The van der Waals surface area contributed by atoms with Gasteiger partial charge >= 0.3 is 0 Å². The van der Waals surface area contributed by atoms with Crippen LogP contribution in [0.25, 0.3) is 0 Å². The van der Waals surface area contributed by atoms with Crippen molar-refractivity contribution < 1.29 is 12.4 Å². The predicted molar refractivity (Wildman–Crippen MR) is 46.3 cm³/mol. The molecule has 0 bridgehead atoms. The first-order chi connectivity index (χ1) is 3.46. The molecule has 0 aromatic rings. The summed E-state index contributed by atoms with van der Waals surface area (Å²) in [4.78, 5) is 0. The van der Waals surface area contributed by atoms with Crippen molar-refractivity contribution >= 4 is 19.8 Å². The number of rotatable bonds is 0. The Morgan fingerprint density at radius 3 is 0.600 bits per heavy atom. The molecular weight excluding hydrogens is 201 g/mol. The van der Waals surface area contributed by atoms with Crippen LogP contribution in [0.15, 0.2) is 0 Å². The molecule has 0 aliphatic heterocycles. The Kier molecular flexibility index (Phi) is 37.0. The van der Waals surface area contributed by atoms with Gasteiger partial charge in [0.05, 0.1) is 0 Å². The maximum absolute atomic E-state index is 2.08. The molecule has 0 fully saturated rings. The van der Waals surface area contributed by atoms with Gasteiger partial charge in [0, 0.05) is 19.8 Å². The van der Waals surface area contributed by atoms with Gasteiger partial charge in [0.15, 0.2) is 0 Å². The van der Waals surface area contributed by atoms with Gasteiger partial charge in [-0.15, -0.1) is 0 Å². The Hall–Kier alpha value is 0.926. The standard InChI is InChI=1S/2C4H9.ClH.Ga/c2*1-4(2)3;;/h2*1-3H3;1H;/p-1. The Morgan fingerprint density at radius 2 is 0.600 bits per heavy atom. The average Bonchev–Trinajstić information content (AvgIpc) is 1.25. The molecule has 61 valence electrons. The molecule has 0 aromatic carbocycles. The molecule has 0 aliphatic rings. The van der Waals surface area contributed by atoms with Crippen molar-refractivity contribution in [2.75, 3.05) is 0 Å². The van der Waals surface area contributed by atoms with E-state index in [1.807, 2.05) is 0 Å². The minimum absolute atomic E-state index is 0. The van der Waals surface area contributed by atoms with Crippen LogP contribution in [0.5, 0.6) is 0 Å². The van der Waals surface area contributed by atoms with Crippen molar-refractivity contribution in [3.63, 3.8) is 0 Å². The van der Waals surface area contributed by atoms with Gasteiger partial charge in [-0.05, 0) is 11.8 Å². The maximum atomic E-state index is 2.08. The third kappa shape index (κ3) is 654. The van der Waals surface area contributed by atoms with Gasteiger partial charge in [0.2, 0.25) is 0 Å². The normalized spacial score (nSPS) is 7.20. The van der Waals surface area contributed by atoms with Gasteiger partial charge in [-0.1, -0.05) is 41.5 Å². The molecular formula is C8H18ClGa-. The summed E-state index contributed by atoms with van der Waals surface area (Å²) in [6, 6.07) is 0. The second kappa shape index (κ2) is 16.5. The SMILES string of the molecule is C[C](C)C.C[C](C)C.[Cl-].[Ga]. The topological polar surface area (TPSA) is 0 Å². The fraction of sp³-hybridized carbons (Fsp3) is 0.750. The van der Waals surface area contributed by atoms with Gasteiger partial charge in [-0.25, -0.2) is 0 Å². The molecule has 0 heterocycles. The van der Waals surface area contributed by atoms with Crippen molar-refractivity contribution in [2.45, 2.75) is 41.5 Å². The molecule has 0 saturated carbocycles. The smallest absolute Gasteiger partial charge is 0 e. The molecule has 0 saturated heterocycles. The van der Waals surface area contributed by atoms with Crippen LogP contribution >= 0.6 is 0 Å². The monoisotopic (exact) mass is 218 g/mol. The molecule has 0 aromatic heterocycles. The van der Waals surface area contributed by atoms with Gasteiger partial charge in [-0.2, -0.15) is 0 Å². The van der Waals surface area contributed by atoms with E-state index in [2.05, 4.69) is 41.5 Å². The number of hydrogen-bond donors (Lipinski definition) is 0. The largest absolute Gasteiger partial charge is 1.00 e. The van der Waals surface area contributed by atoms with Crippen LogP contribution in [0.4, 0.5) is 0 Å². The van der Waals surface area contributed by atoms with Crippen LogP contribution in [-0.2, 0) is 0 Å². The van der Waals surface area contributed by atoms with E-state index in [1.54, 1.807) is 0 Å². The zero-order valence-electron chi connectivity index (χ0n) is 7.96. The quantitative estimate of drug-likeness (QED) is 0.498. The third-order valence-electron chi connectivity index (χ3n) is 0. The summed E-state index contributed by atoms with van der Waals surface area (Å²) in [5.41, 5.74) is 0. The van der Waals surface area contributed by atoms with Crippen molar-refractivity contribution in [1.82, 2.24) is 0 Å². The van der Waals surface area contributed by atoms with Gasteiger partial charge in [-0.3, -0.25) is 0 Å². The summed E-state index contributed by atoms with van der Waals surface area (Å²) in [5.74, 6) is 2.83. The number of halogens is 1. The van der Waals surface area contributed by atoms with E-state index in [4.69, 9.17) is 0 Å². The van der Waals surface area contributed by atoms with Crippen molar-refractivity contribution in [3.8, 4) is 0 Å². The van der Waals surface area contributed by atoms with E-state index >= 15 is 0 Å². The zero-order chi connectivity index (χ0) is 7.15. The van der Waals surface area contributed by atoms with Crippen LogP contribution < -0.4 is 12.4 Å². The summed E-state index contributed by atoms with van der Waals surface area (Å²) in [6.45, 7) is 12.5. The molecule has 10 heavy (non-hydrogen) atoms. The van der Waals surface area contributed by atoms with Gasteiger partial charge in [0.1, 0.15) is 0 Å². The van der Waals surface area contributed by atoms with Crippen molar-refractivity contribution in [1.29, 1.82) is 0 Å². The fourth-order valence-corrected chi connectivity index (χ4v) is 0. The molecule has 0 N–H and O–H groups in total. The van der Waals surface area contributed by atoms with Crippen molar-refractivity contribution in [2.24, 2.45) is 0 Å². The van der Waals surface area contributed by atoms with E-state index in [-0.39, 0.29) is 32.2 Å². The summed E-state index contributed by atoms with van der Waals surface area (Å²) >= 11 is 0. The van der Waals surface area contributed by atoms with Crippen LogP contribution in [0, 0.1) is 11.8 Å². The van der Waals surface area contributed by atoms with E-state index in [0.717, 1.165) is 0 Å². The van der Waals surface area contributed by atoms with Crippen LogP contribution in [0.3, 0.4) is 0 Å². The first-order valence-electron chi connectivity index (χ1n) is 3.00. The molecule has 0 nitrogen and oxygen atoms in total. The summed E-state index contributed by atoms with van der Waals surface area (Å²) in [6.07, 6.45) is 0.